The van der Waals surface area contributed by atoms with Crippen molar-refractivity contribution in [2.45, 2.75) is 109 Å². The van der Waals surface area contributed by atoms with Crippen LogP contribution in [0, 0.1) is 28.6 Å². The zero-order valence-corrected chi connectivity index (χ0v) is 20.7. The Labute approximate surface area is 199 Å². The van der Waals surface area contributed by atoms with Crippen LogP contribution in [-0.2, 0) is 9.47 Å². The van der Waals surface area contributed by atoms with Crippen molar-refractivity contribution in [1.29, 1.82) is 0 Å². The summed E-state index contributed by atoms with van der Waals surface area (Å²) in [5.74, 6) is -5.95. The molecule has 3 aliphatic carbocycles. The number of aliphatic hydroxyl groups is 1. The molecule has 4 rings (SSSR count). The average molecular weight is 495 g/mol. The Hall–Kier alpha value is -0.730. The summed E-state index contributed by atoms with van der Waals surface area (Å²) in [6, 6.07) is 0. The molecule has 4 atom stereocenters. The van der Waals surface area contributed by atoms with Crippen molar-refractivity contribution in [1.82, 2.24) is 0 Å². The van der Waals surface area contributed by atoms with Gasteiger partial charge in [0.25, 0.3) is 0 Å². The minimum absolute atomic E-state index is 0.0115. The molecule has 0 radical (unpaired) electrons. The molecule has 8 heteroatoms. The van der Waals surface area contributed by atoms with Crippen molar-refractivity contribution in [3.05, 3.63) is 11.6 Å². The van der Waals surface area contributed by atoms with Crippen LogP contribution in [0.15, 0.2) is 11.6 Å². The second kappa shape index (κ2) is 8.41. The van der Waals surface area contributed by atoms with Gasteiger partial charge in [0.15, 0.2) is 5.79 Å². The van der Waals surface area contributed by atoms with E-state index in [1.807, 2.05) is 13.0 Å². The van der Waals surface area contributed by atoms with E-state index < -0.39 is 41.2 Å². The first-order chi connectivity index (χ1) is 15.6. The molecule has 2 unspecified atom stereocenters. The van der Waals surface area contributed by atoms with E-state index in [9.17, 15) is 27.1 Å². The van der Waals surface area contributed by atoms with Crippen LogP contribution in [0.2, 0.25) is 0 Å². The highest BCUT2D eigenvalue weighted by Gasteiger charge is 2.78. The van der Waals surface area contributed by atoms with Crippen LogP contribution in [0.3, 0.4) is 0 Å². The van der Waals surface area contributed by atoms with Crippen molar-refractivity contribution in [3.8, 4) is 0 Å². The van der Waals surface area contributed by atoms with Crippen LogP contribution in [0.1, 0.15) is 85.5 Å². The quantitative estimate of drug-likeness (QED) is 0.337. The number of fused-ring (bicyclic) bond motifs is 1. The number of hydrogen-bond donors (Lipinski definition) is 1. The molecule has 4 aliphatic rings. The van der Waals surface area contributed by atoms with Crippen LogP contribution in [0.5, 0.6) is 0 Å². The Morgan fingerprint density at radius 1 is 0.971 bits per heavy atom. The molecule has 0 aromatic heterocycles. The number of alkyl halides is 5. The lowest BCUT2D eigenvalue weighted by molar-refractivity contribution is -0.360. The minimum Gasteiger partial charge on any atom is -0.383 e. The van der Waals surface area contributed by atoms with Gasteiger partial charge in [0.05, 0.1) is 13.2 Å². The second-order valence-electron chi connectivity index (χ2n) is 12.2. The van der Waals surface area contributed by atoms with Gasteiger partial charge in [-0.2, -0.15) is 22.0 Å². The molecule has 196 valence electrons. The number of allylic oxidation sites excluding steroid dienone is 2. The molecule has 0 aromatic carbocycles. The lowest BCUT2D eigenvalue weighted by Crippen LogP contribution is -2.64. The first-order valence-electron chi connectivity index (χ1n) is 12.8. The van der Waals surface area contributed by atoms with Gasteiger partial charge in [-0.15, -0.1) is 0 Å². The highest BCUT2D eigenvalue weighted by molar-refractivity contribution is 5.27. The predicted molar refractivity (Wildman–Crippen MR) is 118 cm³/mol. The Morgan fingerprint density at radius 2 is 1.56 bits per heavy atom. The number of rotatable bonds is 4. The van der Waals surface area contributed by atoms with Gasteiger partial charge >= 0.3 is 12.1 Å². The van der Waals surface area contributed by atoms with Gasteiger partial charge in [-0.25, -0.2) is 0 Å². The second-order valence-corrected chi connectivity index (χ2v) is 12.2. The van der Waals surface area contributed by atoms with Gasteiger partial charge in [0.2, 0.25) is 0 Å². The fourth-order valence-electron chi connectivity index (χ4n) is 7.27. The van der Waals surface area contributed by atoms with E-state index in [1.54, 1.807) is 0 Å². The molecule has 0 bridgehead atoms. The third kappa shape index (κ3) is 3.94. The van der Waals surface area contributed by atoms with Gasteiger partial charge in [-0.05, 0) is 56.3 Å². The third-order valence-corrected chi connectivity index (χ3v) is 9.40. The van der Waals surface area contributed by atoms with Gasteiger partial charge in [-0.1, -0.05) is 45.8 Å². The van der Waals surface area contributed by atoms with Crippen molar-refractivity contribution < 1.29 is 36.5 Å². The average Bonchev–Trinajstić information content (AvgIpc) is 3.04. The third-order valence-electron chi connectivity index (χ3n) is 9.40. The standard InChI is InChI=1S/C26H39F5O3/c1-5-6-19-18(17-7-12-23(13-8-17)33-15-21(2,3)16-34-23)9-11-22(4)20(19)10-14-24(22,32)25(27,28)26(29,30)31/h9,17,19-20,32H,5-8,10-16H2,1-4H3/t19?,20?,22-,24-/m0/s1. The van der Waals surface area contributed by atoms with Crippen LogP contribution < -0.4 is 0 Å². The molecule has 0 aromatic rings. The highest BCUT2D eigenvalue weighted by Crippen LogP contribution is 2.67. The number of halogens is 5. The minimum atomic E-state index is -5.78. The monoisotopic (exact) mass is 494 g/mol. The summed E-state index contributed by atoms with van der Waals surface area (Å²) in [5, 5.41) is 11.0. The van der Waals surface area contributed by atoms with Crippen molar-refractivity contribution >= 4 is 0 Å². The Kier molecular flexibility index (Phi) is 6.51. The molecule has 0 amide bonds. The smallest absolute Gasteiger partial charge is 0.383 e. The van der Waals surface area contributed by atoms with E-state index >= 15 is 0 Å². The molecule has 1 N–H and O–H groups in total. The lowest BCUT2D eigenvalue weighted by Gasteiger charge is -2.52. The summed E-state index contributed by atoms with van der Waals surface area (Å²) in [4.78, 5) is 0. The topological polar surface area (TPSA) is 38.7 Å². The molecule has 1 spiro atoms. The van der Waals surface area contributed by atoms with E-state index in [4.69, 9.17) is 9.47 Å². The van der Waals surface area contributed by atoms with E-state index in [-0.39, 0.29) is 30.1 Å². The zero-order chi connectivity index (χ0) is 25.2. The first kappa shape index (κ1) is 26.3. The van der Waals surface area contributed by atoms with Gasteiger partial charge in [0.1, 0.15) is 5.60 Å². The SMILES string of the molecule is CCCC1C(C2CCC3(CC2)OCC(C)(C)CO3)=CC[C@@]2(C)C1CC[C@@]2(O)C(F)(F)C(F)(F)F. The van der Waals surface area contributed by atoms with Crippen LogP contribution in [0.4, 0.5) is 22.0 Å². The molecule has 2 saturated carbocycles. The molecule has 1 saturated heterocycles. The summed E-state index contributed by atoms with van der Waals surface area (Å²) in [7, 11) is 0. The van der Waals surface area contributed by atoms with Crippen LogP contribution in [-0.4, -0.2) is 41.8 Å². The number of hydrogen-bond acceptors (Lipinski definition) is 3. The largest absolute Gasteiger partial charge is 0.456 e. The fraction of sp³-hybridized carbons (Fsp3) is 0.923. The van der Waals surface area contributed by atoms with E-state index in [1.165, 1.54) is 12.5 Å². The Balaban J connectivity index is 1.56. The highest BCUT2D eigenvalue weighted by atomic mass is 19.4. The predicted octanol–water partition coefficient (Wildman–Crippen LogP) is 7.04. The van der Waals surface area contributed by atoms with Crippen LogP contribution >= 0.6 is 0 Å². The van der Waals surface area contributed by atoms with E-state index in [0.29, 0.717) is 13.2 Å². The Morgan fingerprint density at radius 3 is 2.09 bits per heavy atom. The van der Waals surface area contributed by atoms with Gasteiger partial charge in [-0.3, -0.25) is 0 Å². The normalized spacial score (nSPS) is 38.6. The molecule has 1 heterocycles. The summed E-state index contributed by atoms with van der Waals surface area (Å²) < 4.78 is 81.6. The Bertz CT molecular complexity index is 787. The first-order valence-corrected chi connectivity index (χ1v) is 12.8. The van der Waals surface area contributed by atoms with E-state index in [2.05, 4.69) is 13.8 Å². The van der Waals surface area contributed by atoms with E-state index in [0.717, 1.165) is 38.5 Å². The maximum Gasteiger partial charge on any atom is 0.456 e. The maximum atomic E-state index is 14.6. The van der Waals surface area contributed by atoms with Crippen molar-refractivity contribution in [2.75, 3.05) is 13.2 Å². The summed E-state index contributed by atoms with van der Waals surface area (Å²) >= 11 is 0. The molecule has 3 nitrogen and oxygen atoms in total. The molecular weight excluding hydrogens is 455 g/mol. The summed E-state index contributed by atoms with van der Waals surface area (Å²) in [6.07, 6.45) is 0.527. The molecule has 3 fully saturated rings. The molecule has 34 heavy (non-hydrogen) atoms. The van der Waals surface area contributed by atoms with Gasteiger partial charge in [0, 0.05) is 23.7 Å². The number of ether oxygens (including phenoxy) is 2. The summed E-state index contributed by atoms with van der Waals surface area (Å²) in [5.41, 5.74) is -3.44. The molecule has 1 aliphatic heterocycles. The van der Waals surface area contributed by atoms with Gasteiger partial charge < -0.3 is 14.6 Å². The molecular formula is C26H39F5O3. The van der Waals surface area contributed by atoms with Crippen molar-refractivity contribution in [3.63, 3.8) is 0 Å². The fourth-order valence-corrected chi connectivity index (χ4v) is 7.27. The van der Waals surface area contributed by atoms with Crippen LogP contribution in [0.25, 0.3) is 0 Å². The summed E-state index contributed by atoms with van der Waals surface area (Å²) in [6.45, 7) is 8.96. The maximum absolute atomic E-state index is 14.6. The zero-order valence-electron chi connectivity index (χ0n) is 20.7. The lowest BCUT2D eigenvalue weighted by atomic mass is 9.56. The van der Waals surface area contributed by atoms with Crippen molar-refractivity contribution in [2.24, 2.45) is 28.6 Å².